The highest BCUT2D eigenvalue weighted by atomic mass is 16.5. The van der Waals surface area contributed by atoms with Crippen LogP contribution in [0.2, 0.25) is 0 Å². The maximum Gasteiger partial charge on any atom is 0.0792 e. The monoisotopic (exact) mass is 196 g/mol. The van der Waals surface area contributed by atoms with E-state index in [1.807, 2.05) is 6.08 Å². The van der Waals surface area contributed by atoms with Gasteiger partial charge >= 0.3 is 0 Å². The van der Waals surface area contributed by atoms with Gasteiger partial charge in [0, 0.05) is 0 Å². The number of hydrogen-bond donors (Lipinski definition) is 0. The average molecular weight is 196 g/mol. The molecule has 0 rings (SSSR count). The van der Waals surface area contributed by atoms with Gasteiger partial charge in [-0.3, -0.25) is 0 Å². The van der Waals surface area contributed by atoms with Gasteiger partial charge in [0.1, 0.15) is 0 Å². The van der Waals surface area contributed by atoms with Crippen molar-refractivity contribution in [2.45, 2.75) is 58.7 Å². The minimum absolute atomic E-state index is 0.0933. The molecule has 0 heterocycles. The molecule has 0 aliphatic rings. The summed E-state index contributed by atoms with van der Waals surface area (Å²) in [7, 11) is 0. The van der Waals surface area contributed by atoms with E-state index >= 15 is 0 Å². The first-order chi connectivity index (χ1) is 6.40. The van der Waals surface area contributed by atoms with Crippen LogP contribution in [-0.4, -0.2) is 11.7 Å². The standard InChI is InChI=1S/C13H24O/c1-7-9-11(3)12(10-8-2)14-13(4,5)6/h7,12H,1,3,8-10H2,2,4-6H3. The van der Waals surface area contributed by atoms with Gasteiger partial charge in [-0.1, -0.05) is 26.0 Å². The Bertz CT molecular complexity index is 186. The van der Waals surface area contributed by atoms with Gasteiger partial charge in [0.25, 0.3) is 0 Å². The Morgan fingerprint density at radius 3 is 2.36 bits per heavy atom. The molecule has 0 aromatic heterocycles. The number of rotatable bonds is 6. The largest absolute Gasteiger partial charge is 0.368 e. The summed E-state index contributed by atoms with van der Waals surface area (Å²) in [5.74, 6) is 0. The molecule has 0 bridgehead atoms. The van der Waals surface area contributed by atoms with Crippen LogP contribution in [0.5, 0.6) is 0 Å². The first kappa shape index (κ1) is 13.4. The topological polar surface area (TPSA) is 9.23 Å². The number of ether oxygens (including phenoxy) is 1. The summed E-state index contributed by atoms with van der Waals surface area (Å²) in [5, 5.41) is 0. The van der Waals surface area contributed by atoms with Crippen LogP contribution in [-0.2, 0) is 4.74 Å². The van der Waals surface area contributed by atoms with Crippen LogP contribution in [0, 0.1) is 0 Å². The van der Waals surface area contributed by atoms with Crippen LogP contribution < -0.4 is 0 Å². The molecule has 0 aliphatic carbocycles. The summed E-state index contributed by atoms with van der Waals surface area (Å²) in [4.78, 5) is 0. The van der Waals surface area contributed by atoms with E-state index in [4.69, 9.17) is 4.74 Å². The Hall–Kier alpha value is -0.560. The fraction of sp³-hybridized carbons (Fsp3) is 0.692. The van der Waals surface area contributed by atoms with Crippen molar-refractivity contribution < 1.29 is 4.74 Å². The SMILES string of the molecule is C=CCC(=C)C(CCC)OC(C)(C)C. The number of allylic oxidation sites excluding steroid dienone is 1. The van der Waals surface area contributed by atoms with Crippen LogP contribution in [0.3, 0.4) is 0 Å². The molecule has 1 nitrogen and oxygen atoms in total. The smallest absolute Gasteiger partial charge is 0.0792 e. The Morgan fingerprint density at radius 1 is 1.43 bits per heavy atom. The van der Waals surface area contributed by atoms with Crippen molar-refractivity contribution in [3.05, 3.63) is 24.8 Å². The van der Waals surface area contributed by atoms with E-state index in [-0.39, 0.29) is 11.7 Å². The molecular weight excluding hydrogens is 172 g/mol. The quantitative estimate of drug-likeness (QED) is 0.581. The van der Waals surface area contributed by atoms with Gasteiger partial charge in [0.2, 0.25) is 0 Å². The molecule has 0 amide bonds. The second kappa shape index (κ2) is 6.02. The minimum atomic E-state index is -0.0933. The molecule has 0 saturated carbocycles. The van der Waals surface area contributed by atoms with Gasteiger partial charge in [0.15, 0.2) is 0 Å². The van der Waals surface area contributed by atoms with E-state index in [2.05, 4.69) is 40.9 Å². The highest BCUT2D eigenvalue weighted by Crippen LogP contribution is 2.21. The molecule has 0 aromatic carbocycles. The molecule has 0 aliphatic heterocycles. The number of hydrogen-bond acceptors (Lipinski definition) is 1. The van der Waals surface area contributed by atoms with Crippen molar-refractivity contribution in [3.8, 4) is 0 Å². The molecule has 1 heteroatoms. The van der Waals surface area contributed by atoms with Gasteiger partial charge in [-0.25, -0.2) is 0 Å². The van der Waals surface area contributed by atoms with E-state index in [1.165, 1.54) is 0 Å². The third kappa shape index (κ3) is 5.98. The third-order valence-electron chi connectivity index (χ3n) is 1.91. The van der Waals surface area contributed by atoms with Crippen molar-refractivity contribution in [3.63, 3.8) is 0 Å². The summed E-state index contributed by atoms with van der Waals surface area (Å²) in [6.45, 7) is 16.2. The van der Waals surface area contributed by atoms with Crippen LogP contribution >= 0.6 is 0 Å². The lowest BCUT2D eigenvalue weighted by Gasteiger charge is -2.28. The van der Waals surface area contributed by atoms with Crippen LogP contribution in [0.15, 0.2) is 24.8 Å². The summed E-state index contributed by atoms with van der Waals surface area (Å²) in [6.07, 6.45) is 5.08. The Morgan fingerprint density at radius 2 is 2.00 bits per heavy atom. The van der Waals surface area contributed by atoms with Gasteiger partial charge in [-0.2, -0.15) is 0 Å². The molecule has 1 unspecified atom stereocenters. The fourth-order valence-electron chi connectivity index (χ4n) is 1.35. The van der Waals surface area contributed by atoms with Crippen molar-refractivity contribution in [2.24, 2.45) is 0 Å². The van der Waals surface area contributed by atoms with Gasteiger partial charge in [-0.05, 0) is 39.2 Å². The highest BCUT2D eigenvalue weighted by molar-refractivity contribution is 5.07. The average Bonchev–Trinajstić information content (AvgIpc) is 2.01. The molecule has 82 valence electrons. The predicted octanol–water partition coefficient (Wildman–Crippen LogP) is 4.10. The predicted molar refractivity (Wildman–Crippen MR) is 63.5 cm³/mol. The van der Waals surface area contributed by atoms with Crippen LogP contribution in [0.1, 0.15) is 47.0 Å². The Balaban J connectivity index is 4.27. The van der Waals surface area contributed by atoms with E-state index in [0.717, 1.165) is 24.8 Å². The molecular formula is C13H24O. The lowest BCUT2D eigenvalue weighted by atomic mass is 10.0. The molecule has 0 fully saturated rings. The first-order valence-corrected chi connectivity index (χ1v) is 5.37. The van der Waals surface area contributed by atoms with Crippen molar-refractivity contribution >= 4 is 0 Å². The highest BCUT2D eigenvalue weighted by Gasteiger charge is 2.19. The van der Waals surface area contributed by atoms with Crippen molar-refractivity contribution in [2.75, 3.05) is 0 Å². The summed E-state index contributed by atoms with van der Waals surface area (Å²) in [6, 6.07) is 0. The van der Waals surface area contributed by atoms with Crippen LogP contribution in [0.25, 0.3) is 0 Å². The molecule has 0 spiro atoms. The van der Waals surface area contributed by atoms with Gasteiger partial charge in [0.05, 0.1) is 11.7 Å². The lowest BCUT2D eigenvalue weighted by molar-refractivity contribution is -0.0467. The second-order valence-electron chi connectivity index (χ2n) is 4.66. The van der Waals surface area contributed by atoms with E-state index in [9.17, 15) is 0 Å². The van der Waals surface area contributed by atoms with E-state index in [1.54, 1.807) is 0 Å². The van der Waals surface area contributed by atoms with Gasteiger partial charge in [-0.15, -0.1) is 6.58 Å². The van der Waals surface area contributed by atoms with Crippen molar-refractivity contribution in [1.82, 2.24) is 0 Å². The van der Waals surface area contributed by atoms with Crippen LogP contribution in [0.4, 0.5) is 0 Å². The molecule has 0 saturated heterocycles. The summed E-state index contributed by atoms with van der Waals surface area (Å²) >= 11 is 0. The Kier molecular flexibility index (Phi) is 5.78. The zero-order valence-electron chi connectivity index (χ0n) is 10.1. The molecule has 14 heavy (non-hydrogen) atoms. The first-order valence-electron chi connectivity index (χ1n) is 5.37. The third-order valence-corrected chi connectivity index (χ3v) is 1.91. The second-order valence-corrected chi connectivity index (χ2v) is 4.66. The zero-order chi connectivity index (χ0) is 11.2. The summed E-state index contributed by atoms with van der Waals surface area (Å²) < 4.78 is 5.95. The molecule has 0 radical (unpaired) electrons. The minimum Gasteiger partial charge on any atom is -0.368 e. The molecule has 1 atom stereocenters. The Labute approximate surface area is 88.9 Å². The van der Waals surface area contributed by atoms with Crippen molar-refractivity contribution in [1.29, 1.82) is 0 Å². The maximum atomic E-state index is 5.95. The fourth-order valence-corrected chi connectivity index (χ4v) is 1.35. The normalized spacial score (nSPS) is 13.7. The van der Waals surface area contributed by atoms with Gasteiger partial charge < -0.3 is 4.74 Å². The summed E-state index contributed by atoms with van der Waals surface area (Å²) in [5.41, 5.74) is 1.04. The molecule has 0 N–H and O–H groups in total. The molecule has 0 aromatic rings. The zero-order valence-corrected chi connectivity index (χ0v) is 10.1. The lowest BCUT2D eigenvalue weighted by Crippen LogP contribution is -2.28. The van der Waals surface area contributed by atoms with E-state index < -0.39 is 0 Å². The maximum absolute atomic E-state index is 5.95. The van der Waals surface area contributed by atoms with E-state index in [0.29, 0.717) is 0 Å².